The average molecular weight is 316 g/mol. The van der Waals surface area contributed by atoms with Gasteiger partial charge in [0.15, 0.2) is 0 Å². The van der Waals surface area contributed by atoms with Gasteiger partial charge in [-0.15, -0.1) is 0 Å². The molecule has 1 atom stereocenters. The zero-order valence-corrected chi connectivity index (χ0v) is 12.9. The van der Waals surface area contributed by atoms with Crippen molar-refractivity contribution >= 4 is 15.7 Å². The van der Waals surface area contributed by atoms with Crippen molar-refractivity contribution in [3.05, 3.63) is 23.5 Å². The molecule has 1 aliphatic rings. The summed E-state index contributed by atoms with van der Waals surface area (Å²) in [6.45, 7) is 2.04. The summed E-state index contributed by atoms with van der Waals surface area (Å²) >= 11 is 0. The van der Waals surface area contributed by atoms with E-state index >= 15 is 0 Å². The highest BCUT2D eigenvalue weighted by Gasteiger charge is 2.36. The second-order valence-corrected chi connectivity index (χ2v) is 7.28. The summed E-state index contributed by atoms with van der Waals surface area (Å²) < 4.78 is 40.7. The highest BCUT2D eigenvalue weighted by Crippen LogP contribution is 2.31. The van der Waals surface area contributed by atoms with Crippen molar-refractivity contribution in [3.8, 4) is 0 Å². The lowest BCUT2D eigenvalue weighted by atomic mass is 10.1. The summed E-state index contributed by atoms with van der Waals surface area (Å²) in [5, 5.41) is 8.90. The summed E-state index contributed by atoms with van der Waals surface area (Å²) in [5.74, 6) is -0.769. The number of nitrogen functional groups attached to an aromatic ring is 1. The second-order valence-electron chi connectivity index (χ2n) is 5.42. The minimum absolute atomic E-state index is 0.0240. The number of aliphatic hydroxyl groups is 1. The lowest BCUT2D eigenvalue weighted by Gasteiger charge is -2.24. The number of nitrogens with zero attached hydrogens (tertiary/aromatic N) is 1. The zero-order valence-electron chi connectivity index (χ0n) is 12.0. The van der Waals surface area contributed by atoms with E-state index < -0.39 is 15.8 Å². The average Bonchev–Trinajstić information content (AvgIpc) is 2.89. The van der Waals surface area contributed by atoms with Crippen LogP contribution in [0.3, 0.4) is 0 Å². The maximum Gasteiger partial charge on any atom is 0.246 e. The topological polar surface area (TPSA) is 83.6 Å². The Morgan fingerprint density at radius 2 is 2.19 bits per heavy atom. The molecule has 1 aliphatic heterocycles. The van der Waals surface area contributed by atoms with Crippen LogP contribution < -0.4 is 5.73 Å². The Hall–Kier alpha value is -1.18. The van der Waals surface area contributed by atoms with Crippen molar-refractivity contribution < 1.29 is 17.9 Å². The van der Waals surface area contributed by atoms with E-state index in [2.05, 4.69) is 0 Å². The van der Waals surface area contributed by atoms with Gasteiger partial charge in [-0.1, -0.05) is 0 Å². The van der Waals surface area contributed by atoms with Gasteiger partial charge in [0.1, 0.15) is 10.7 Å². The fraction of sp³-hybridized carbons (Fsp3) is 0.571. The Morgan fingerprint density at radius 1 is 1.48 bits per heavy atom. The molecule has 1 aromatic carbocycles. The third-order valence-corrected chi connectivity index (χ3v) is 5.89. The van der Waals surface area contributed by atoms with Crippen molar-refractivity contribution in [1.82, 2.24) is 4.31 Å². The summed E-state index contributed by atoms with van der Waals surface area (Å²) in [6.07, 6.45) is 2.61. The van der Waals surface area contributed by atoms with Crippen molar-refractivity contribution in [2.45, 2.75) is 43.5 Å². The molecule has 1 heterocycles. The third kappa shape index (κ3) is 3.20. The van der Waals surface area contributed by atoms with Crippen molar-refractivity contribution in [3.63, 3.8) is 0 Å². The van der Waals surface area contributed by atoms with Gasteiger partial charge in [-0.05, 0) is 50.3 Å². The molecular formula is C14H21FN2O3S. The molecule has 0 bridgehead atoms. The first kappa shape index (κ1) is 16.2. The molecule has 0 radical (unpaired) electrons. The number of benzene rings is 1. The van der Waals surface area contributed by atoms with Gasteiger partial charge in [-0.25, -0.2) is 12.8 Å². The largest absolute Gasteiger partial charge is 0.398 e. The Balaban J connectivity index is 2.35. The fourth-order valence-electron chi connectivity index (χ4n) is 2.73. The molecule has 0 spiro atoms. The number of hydrogen-bond donors (Lipinski definition) is 2. The first-order valence-corrected chi connectivity index (χ1v) is 8.50. The molecular weight excluding hydrogens is 295 g/mol. The number of aliphatic hydroxyl groups excluding tert-OH is 1. The predicted molar refractivity (Wildman–Crippen MR) is 78.8 cm³/mol. The Bertz CT molecular complexity index is 619. The maximum absolute atomic E-state index is 14.1. The monoisotopic (exact) mass is 316 g/mol. The van der Waals surface area contributed by atoms with Gasteiger partial charge in [-0.3, -0.25) is 0 Å². The summed E-state index contributed by atoms with van der Waals surface area (Å²) in [4.78, 5) is -0.360. The van der Waals surface area contributed by atoms with Crippen LogP contribution in [0.25, 0.3) is 0 Å². The Labute approximate surface area is 124 Å². The van der Waals surface area contributed by atoms with Crippen LogP contribution in [-0.4, -0.2) is 37.0 Å². The number of rotatable bonds is 5. The van der Waals surface area contributed by atoms with E-state index in [-0.39, 0.29) is 23.2 Å². The zero-order chi connectivity index (χ0) is 15.6. The van der Waals surface area contributed by atoms with Crippen molar-refractivity contribution in [2.75, 3.05) is 18.9 Å². The van der Waals surface area contributed by atoms with E-state index in [1.54, 1.807) is 6.92 Å². The molecule has 3 N–H and O–H groups in total. The Morgan fingerprint density at radius 3 is 2.86 bits per heavy atom. The van der Waals surface area contributed by atoms with Gasteiger partial charge in [0.25, 0.3) is 0 Å². The standard InChI is InChI=1S/C14H21FN2O3S/c1-10-8-12(15)14(9-13(10)16)21(19,20)17-6-2-4-11(17)5-3-7-18/h8-9,11,18H,2-7,16H2,1H3. The molecule has 7 heteroatoms. The number of sulfonamides is 1. The van der Waals surface area contributed by atoms with E-state index in [1.165, 1.54) is 10.4 Å². The summed E-state index contributed by atoms with van der Waals surface area (Å²) in [6, 6.07) is 2.17. The van der Waals surface area contributed by atoms with E-state index in [0.29, 0.717) is 24.9 Å². The van der Waals surface area contributed by atoms with Crippen LogP contribution in [0.4, 0.5) is 10.1 Å². The molecule has 1 unspecified atom stereocenters. The molecule has 21 heavy (non-hydrogen) atoms. The summed E-state index contributed by atoms with van der Waals surface area (Å²) in [5.41, 5.74) is 6.50. The molecule has 118 valence electrons. The molecule has 1 aromatic rings. The molecule has 1 saturated heterocycles. The minimum atomic E-state index is -3.89. The lowest BCUT2D eigenvalue weighted by Crippen LogP contribution is -2.36. The van der Waals surface area contributed by atoms with Gasteiger partial charge < -0.3 is 10.8 Å². The second kappa shape index (κ2) is 6.29. The van der Waals surface area contributed by atoms with Crippen LogP contribution in [0.1, 0.15) is 31.2 Å². The highest BCUT2D eigenvalue weighted by molar-refractivity contribution is 7.89. The molecule has 0 saturated carbocycles. The van der Waals surface area contributed by atoms with Gasteiger partial charge in [-0.2, -0.15) is 4.31 Å². The van der Waals surface area contributed by atoms with Gasteiger partial charge >= 0.3 is 0 Å². The van der Waals surface area contributed by atoms with E-state index in [9.17, 15) is 12.8 Å². The number of halogens is 1. The molecule has 0 amide bonds. The molecule has 0 aliphatic carbocycles. The predicted octanol–water partition coefficient (Wildman–Crippen LogP) is 1.64. The first-order valence-electron chi connectivity index (χ1n) is 7.06. The van der Waals surface area contributed by atoms with E-state index in [1.807, 2.05) is 0 Å². The van der Waals surface area contributed by atoms with Crippen molar-refractivity contribution in [2.24, 2.45) is 0 Å². The minimum Gasteiger partial charge on any atom is -0.398 e. The number of nitrogens with two attached hydrogens (primary N) is 1. The van der Waals surface area contributed by atoms with Crippen LogP contribution in [0.2, 0.25) is 0 Å². The third-order valence-electron chi connectivity index (χ3n) is 3.93. The first-order chi connectivity index (χ1) is 9.87. The van der Waals surface area contributed by atoms with Gasteiger partial charge in [0.2, 0.25) is 10.0 Å². The summed E-state index contributed by atoms with van der Waals surface area (Å²) in [7, 11) is -3.89. The van der Waals surface area contributed by atoms with Gasteiger partial charge in [0.05, 0.1) is 0 Å². The number of aryl methyl sites for hydroxylation is 1. The molecule has 1 fully saturated rings. The quantitative estimate of drug-likeness (QED) is 0.809. The SMILES string of the molecule is Cc1cc(F)c(S(=O)(=O)N2CCCC2CCCO)cc1N. The van der Waals surface area contributed by atoms with E-state index in [4.69, 9.17) is 10.8 Å². The fourth-order valence-corrected chi connectivity index (χ4v) is 4.54. The maximum atomic E-state index is 14.1. The van der Waals surface area contributed by atoms with Gasteiger partial charge in [0, 0.05) is 24.9 Å². The molecule has 2 rings (SSSR count). The van der Waals surface area contributed by atoms with Crippen LogP contribution in [0, 0.1) is 12.7 Å². The van der Waals surface area contributed by atoms with Crippen LogP contribution in [-0.2, 0) is 10.0 Å². The highest BCUT2D eigenvalue weighted by atomic mass is 32.2. The van der Waals surface area contributed by atoms with Crippen LogP contribution in [0.5, 0.6) is 0 Å². The molecule has 0 aromatic heterocycles. The van der Waals surface area contributed by atoms with Crippen LogP contribution in [0.15, 0.2) is 17.0 Å². The molecule has 5 nitrogen and oxygen atoms in total. The number of hydrogen-bond acceptors (Lipinski definition) is 4. The normalized spacial score (nSPS) is 20.0. The van der Waals surface area contributed by atoms with Crippen LogP contribution >= 0.6 is 0 Å². The number of anilines is 1. The van der Waals surface area contributed by atoms with Crippen molar-refractivity contribution in [1.29, 1.82) is 0 Å². The van der Waals surface area contributed by atoms with E-state index in [0.717, 1.165) is 18.9 Å². The lowest BCUT2D eigenvalue weighted by molar-refractivity contribution is 0.264. The Kier molecular flexibility index (Phi) is 4.85. The smallest absolute Gasteiger partial charge is 0.246 e.